The molecule has 2 heterocycles. The molecule has 0 bridgehead atoms. The van der Waals surface area contributed by atoms with Crippen molar-refractivity contribution in [1.82, 2.24) is 4.90 Å². The maximum Gasteiger partial charge on any atom is 0.410 e. The number of aliphatic hydroxyl groups is 1. The molecule has 2 aliphatic rings. The van der Waals surface area contributed by atoms with Gasteiger partial charge in [-0.3, -0.25) is 4.90 Å². The Morgan fingerprint density at radius 2 is 1.79 bits per heavy atom. The van der Waals surface area contributed by atoms with E-state index in [9.17, 15) is 9.90 Å². The third-order valence-electron chi connectivity index (χ3n) is 6.80. The van der Waals surface area contributed by atoms with E-state index in [-0.39, 0.29) is 17.4 Å². The molecule has 2 aromatic rings. The molecule has 1 unspecified atom stereocenters. The molecule has 156 valence electrons. The van der Waals surface area contributed by atoms with Crippen molar-refractivity contribution in [3.8, 4) is 0 Å². The molecule has 1 atom stereocenters. The van der Waals surface area contributed by atoms with Crippen LogP contribution in [0.5, 0.6) is 0 Å². The molecule has 29 heavy (non-hydrogen) atoms. The summed E-state index contributed by atoms with van der Waals surface area (Å²) in [6.07, 6.45) is 3.38. The van der Waals surface area contributed by atoms with Crippen LogP contribution in [0.15, 0.2) is 34.9 Å². The van der Waals surface area contributed by atoms with Gasteiger partial charge < -0.3 is 14.3 Å². The van der Waals surface area contributed by atoms with Crippen LogP contribution in [0.1, 0.15) is 75.5 Å². The molecule has 1 aliphatic heterocycles. The standard InChI is InChI=1S/C24H31NO4/c1-6-28-21(26)25-14-20-18(9-12-29-20)24(27,15-25)16-7-8-17-19(13-16)23(4,5)11-10-22(17,2)3/h7-9,12-13,27H,6,10-11,14-15H2,1-5H3. The maximum absolute atomic E-state index is 12.4. The van der Waals surface area contributed by atoms with Gasteiger partial charge >= 0.3 is 6.09 Å². The summed E-state index contributed by atoms with van der Waals surface area (Å²) in [5, 5.41) is 11.9. The number of hydrogen-bond acceptors (Lipinski definition) is 4. The van der Waals surface area contributed by atoms with Gasteiger partial charge in [0.25, 0.3) is 0 Å². The van der Waals surface area contributed by atoms with Crippen LogP contribution >= 0.6 is 0 Å². The average Bonchev–Trinajstić information content (AvgIpc) is 3.15. The van der Waals surface area contributed by atoms with Gasteiger partial charge in [0, 0.05) is 5.56 Å². The SMILES string of the molecule is CCOC(=O)N1Cc2occc2C(O)(c2ccc3c(c2)C(C)(C)CCC3(C)C)C1. The highest BCUT2D eigenvalue weighted by Gasteiger charge is 2.45. The highest BCUT2D eigenvalue weighted by Crippen LogP contribution is 2.48. The smallest absolute Gasteiger partial charge is 0.410 e. The Labute approximate surface area is 172 Å². The molecule has 0 saturated heterocycles. The lowest BCUT2D eigenvalue weighted by atomic mass is 9.62. The van der Waals surface area contributed by atoms with E-state index in [4.69, 9.17) is 9.15 Å². The molecule has 0 radical (unpaired) electrons. The number of amides is 1. The van der Waals surface area contributed by atoms with Crippen molar-refractivity contribution >= 4 is 6.09 Å². The number of hydrogen-bond donors (Lipinski definition) is 1. The monoisotopic (exact) mass is 397 g/mol. The summed E-state index contributed by atoms with van der Waals surface area (Å²) in [6, 6.07) is 8.12. The van der Waals surface area contributed by atoms with E-state index in [0.29, 0.717) is 18.9 Å². The highest BCUT2D eigenvalue weighted by atomic mass is 16.6. The first kappa shape index (κ1) is 20.0. The van der Waals surface area contributed by atoms with E-state index in [1.165, 1.54) is 16.0 Å². The van der Waals surface area contributed by atoms with Gasteiger partial charge in [0.15, 0.2) is 0 Å². The van der Waals surface area contributed by atoms with Crippen molar-refractivity contribution in [2.24, 2.45) is 0 Å². The molecule has 1 aliphatic carbocycles. The largest absolute Gasteiger partial charge is 0.467 e. The maximum atomic E-state index is 12.4. The summed E-state index contributed by atoms with van der Waals surface area (Å²) in [7, 11) is 0. The van der Waals surface area contributed by atoms with Crippen LogP contribution in [0, 0.1) is 0 Å². The molecule has 1 aromatic carbocycles. The Hall–Kier alpha value is -2.27. The zero-order valence-electron chi connectivity index (χ0n) is 18.0. The number of nitrogens with zero attached hydrogens (tertiary/aromatic N) is 1. The van der Waals surface area contributed by atoms with E-state index < -0.39 is 11.7 Å². The molecule has 0 spiro atoms. The van der Waals surface area contributed by atoms with Gasteiger partial charge in [-0.05, 0) is 53.4 Å². The molecule has 5 heteroatoms. The van der Waals surface area contributed by atoms with Crippen molar-refractivity contribution in [2.75, 3.05) is 13.2 Å². The normalized spacial score (nSPS) is 24.6. The molecular formula is C24H31NO4. The van der Waals surface area contributed by atoms with E-state index in [1.807, 2.05) is 12.1 Å². The lowest BCUT2D eigenvalue weighted by Gasteiger charge is -2.43. The predicted octanol–water partition coefficient (Wildman–Crippen LogP) is 4.84. The van der Waals surface area contributed by atoms with E-state index in [1.54, 1.807) is 13.2 Å². The Morgan fingerprint density at radius 1 is 1.10 bits per heavy atom. The van der Waals surface area contributed by atoms with Gasteiger partial charge in [0.2, 0.25) is 0 Å². The number of rotatable bonds is 2. The Balaban J connectivity index is 1.82. The van der Waals surface area contributed by atoms with Crippen LogP contribution in [0.4, 0.5) is 4.79 Å². The zero-order chi connectivity index (χ0) is 21.0. The van der Waals surface area contributed by atoms with Crippen molar-refractivity contribution in [2.45, 2.75) is 70.4 Å². The van der Waals surface area contributed by atoms with Gasteiger partial charge in [0.05, 0.1) is 26.0 Å². The molecule has 4 rings (SSSR count). The predicted molar refractivity (Wildman–Crippen MR) is 111 cm³/mol. The number of benzene rings is 1. The summed E-state index contributed by atoms with van der Waals surface area (Å²) in [6.45, 7) is 11.6. The second-order valence-corrected chi connectivity index (χ2v) is 9.70. The molecule has 0 saturated carbocycles. The second-order valence-electron chi connectivity index (χ2n) is 9.70. The zero-order valence-corrected chi connectivity index (χ0v) is 18.0. The van der Waals surface area contributed by atoms with Crippen molar-refractivity contribution in [3.05, 3.63) is 58.5 Å². The number of β-amino-alcohol motifs (C(OH)–C–C–N with tert-alkyl or cyclic N) is 1. The second kappa shape index (κ2) is 6.63. The lowest BCUT2D eigenvalue weighted by molar-refractivity contribution is 0.00942. The number of ether oxygens (including phenoxy) is 1. The van der Waals surface area contributed by atoms with Gasteiger partial charge in [0.1, 0.15) is 11.4 Å². The van der Waals surface area contributed by atoms with Crippen LogP contribution < -0.4 is 0 Å². The molecule has 1 amide bonds. The Kier molecular flexibility index (Phi) is 4.57. The summed E-state index contributed by atoms with van der Waals surface area (Å²) in [5.74, 6) is 0.601. The van der Waals surface area contributed by atoms with Gasteiger partial charge in [-0.2, -0.15) is 0 Å². The first-order valence-electron chi connectivity index (χ1n) is 10.4. The molecule has 1 aromatic heterocycles. The summed E-state index contributed by atoms with van der Waals surface area (Å²) >= 11 is 0. The molecule has 1 N–H and O–H groups in total. The van der Waals surface area contributed by atoms with E-state index in [2.05, 4.69) is 39.8 Å². The first-order chi connectivity index (χ1) is 13.6. The average molecular weight is 398 g/mol. The summed E-state index contributed by atoms with van der Waals surface area (Å²) < 4.78 is 10.8. The Morgan fingerprint density at radius 3 is 2.48 bits per heavy atom. The topological polar surface area (TPSA) is 62.9 Å². The van der Waals surface area contributed by atoms with Crippen LogP contribution in [0.3, 0.4) is 0 Å². The van der Waals surface area contributed by atoms with Crippen molar-refractivity contribution in [3.63, 3.8) is 0 Å². The van der Waals surface area contributed by atoms with Crippen LogP contribution in [-0.4, -0.2) is 29.3 Å². The van der Waals surface area contributed by atoms with E-state index in [0.717, 1.165) is 24.0 Å². The van der Waals surface area contributed by atoms with Crippen molar-refractivity contribution < 1.29 is 19.1 Å². The fourth-order valence-corrected chi connectivity index (χ4v) is 4.86. The number of furan rings is 1. The van der Waals surface area contributed by atoms with Gasteiger partial charge in [-0.25, -0.2) is 4.79 Å². The molecule has 0 fully saturated rings. The fraction of sp³-hybridized carbons (Fsp3) is 0.542. The molecular weight excluding hydrogens is 366 g/mol. The third kappa shape index (κ3) is 3.16. The lowest BCUT2D eigenvalue weighted by Crippen LogP contribution is -2.48. The van der Waals surface area contributed by atoms with Crippen LogP contribution in [0.25, 0.3) is 0 Å². The summed E-state index contributed by atoms with van der Waals surface area (Å²) in [4.78, 5) is 13.9. The minimum Gasteiger partial charge on any atom is -0.467 e. The minimum atomic E-state index is -1.33. The molecule has 5 nitrogen and oxygen atoms in total. The number of fused-ring (bicyclic) bond motifs is 2. The van der Waals surface area contributed by atoms with Crippen LogP contribution in [0.2, 0.25) is 0 Å². The third-order valence-corrected chi connectivity index (χ3v) is 6.80. The number of carbonyl (C=O) groups is 1. The van der Waals surface area contributed by atoms with Gasteiger partial charge in [-0.1, -0.05) is 45.9 Å². The Bertz CT molecular complexity index is 942. The van der Waals surface area contributed by atoms with Crippen LogP contribution in [-0.2, 0) is 27.7 Å². The number of carbonyl (C=O) groups excluding carboxylic acids is 1. The van der Waals surface area contributed by atoms with Crippen molar-refractivity contribution in [1.29, 1.82) is 0 Å². The first-order valence-corrected chi connectivity index (χ1v) is 10.4. The minimum absolute atomic E-state index is 0.0337. The van der Waals surface area contributed by atoms with Gasteiger partial charge in [-0.15, -0.1) is 0 Å². The summed E-state index contributed by atoms with van der Waals surface area (Å²) in [5.41, 5.74) is 2.94. The highest BCUT2D eigenvalue weighted by molar-refractivity contribution is 5.68. The van der Waals surface area contributed by atoms with E-state index >= 15 is 0 Å². The quantitative estimate of drug-likeness (QED) is 0.788. The fourth-order valence-electron chi connectivity index (χ4n) is 4.86.